The SMILES string of the molecule is O=C(NC1CCCC1)c1ccc(NC(=O)N2CCCC(O)C2)cc1. The Morgan fingerprint density at radius 3 is 2.42 bits per heavy atom. The van der Waals surface area contributed by atoms with Gasteiger partial charge in [0.15, 0.2) is 0 Å². The van der Waals surface area contributed by atoms with Crippen LogP contribution in [0.15, 0.2) is 24.3 Å². The zero-order valence-corrected chi connectivity index (χ0v) is 13.8. The molecule has 1 atom stereocenters. The molecule has 2 fully saturated rings. The van der Waals surface area contributed by atoms with Gasteiger partial charge in [0.05, 0.1) is 6.10 Å². The molecule has 3 rings (SSSR count). The second-order valence-electron chi connectivity index (χ2n) is 6.70. The average molecular weight is 331 g/mol. The van der Waals surface area contributed by atoms with Crippen molar-refractivity contribution in [3.63, 3.8) is 0 Å². The predicted molar refractivity (Wildman–Crippen MR) is 92.0 cm³/mol. The summed E-state index contributed by atoms with van der Waals surface area (Å²) in [7, 11) is 0. The molecule has 1 unspecified atom stereocenters. The number of piperidine rings is 1. The number of nitrogens with zero attached hydrogens (tertiary/aromatic N) is 1. The molecule has 3 amide bonds. The lowest BCUT2D eigenvalue weighted by molar-refractivity contribution is 0.0883. The van der Waals surface area contributed by atoms with Gasteiger partial charge in [-0.2, -0.15) is 0 Å². The van der Waals surface area contributed by atoms with E-state index in [1.54, 1.807) is 29.2 Å². The first kappa shape index (κ1) is 16.8. The van der Waals surface area contributed by atoms with Crippen molar-refractivity contribution < 1.29 is 14.7 Å². The van der Waals surface area contributed by atoms with Crippen LogP contribution in [0.25, 0.3) is 0 Å². The van der Waals surface area contributed by atoms with Crippen molar-refractivity contribution in [1.82, 2.24) is 10.2 Å². The van der Waals surface area contributed by atoms with E-state index in [0.29, 0.717) is 30.4 Å². The zero-order chi connectivity index (χ0) is 16.9. The van der Waals surface area contributed by atoms with Crippen LogP contribution in [0, 0.1) is 0 Å². The largest absolute Gasteiger partial charge is 0.391 e. The fourth-order valence-corrected chi connectivity index (χ4v) is 3.39. The Hall–Kier alpha value is -2.08. The lowest BCUT2D eigenvalue weighted by Crippen LogP contribution is -2.44. The molecule has 1 aliphatic carbocycles. The summed E-state index contributed by atoms with van der Waals surface area (Å²) in [5.41, 5.74) is 1.26. The number of benzene rings is 1. The minimum Gasteiger partial charge on any atom is -0.391 e. The third-order valence-electron chi connectivity index (χ3n) is 4.77. The number of aliphatic hydroxyl groups excluding tert-OH is 1. The molecule has 0 aromatic heterocycles. The number of likely N-dealkylation sites (tertiary alicyclic amines) is 1. The van der Waals surface area contributed by atoms with E-state index in [1.165, 1.54) is 12.8 Å². The minimum atomic E-state index is -0.439. The Balaban J connectivity index is 1.53. The Morgan fingerprint density at radius 2 is 1.75 bits per heavy atom. The molecule has 1 saturated carbocycles. The van der Waals surface area contributed by atoms with Gasteiger partial charge in [0.25, 0.3) is 5.91 Å². The van der Waals surface area contributed by atoms with E-state index in [2.05, 4.69) is 10.6 Å². The highest BCUT2D eigenvalue weighted by Gasteiger charge is 2.22. The molecule has 1 saturated heterocycles. The van der Waals surface area contributed by atoms with Gasteiger partial charge in [-0.1, -0.05) is 12.8 Å². The van der Waals surface area contributed by atoms with E-state index in [9.17, 15) is 14.7 Å². The summed E-state index contributed by atoms with van der Waals surface area (Å²) >= 11 is 0. The second kappa shape index (κ2) is 7.66. The minimum absolute atomic E-state index is 0.0565. The van der Waals surface area contributed by atoms with Gasteiger partial charge in [-0.3, -0.25) is 4.79 Å². The first-order chi connectivity index (χ1) is 11.6. The highest BCUT2D eigenvalue weighted by Crippen LogP contribution is 2.19. The van der Waals surface area contributed by atoms with Gasteiger partial charge < -0.3 is 20.6 Å². The standard InChI is InChI=1S/C18H25N3O3/c22-16-6-3-11-21(12-16)18(24)20-15-9-7-13(8-10-15)17(23)19-14-4-1-2-5-14/h7-10,14,16,22H,1-6,11-12H2,(H,19,23)(H,20,24). The lowest BCUT2D eigenvalue weighted by atomic mass is 10.1. The van der Waals surface area contributed by atoms with E-state index >= 15 is 0 Å². The predicted octanol–water partition coefficient (Wildman–Crippen LogP) is 2.35. The van der Waals surface area contributed by atoms with E-state index in [-0.39, 0.29) is 11.9 Å². The quantitative estimate of drug-likeness (QED) is 0.795. The van der Waals surface area contributed by atoms with Gasteiger partial charge in [0.2, 0.25) is 0 Å². The van der Waals surface area contributed by atoms with Crippen LogP contribution in [0.1, 0.15) is 48.9 Å². The van der Waals surface area contributed by atoms with Crippen LogP contribution in [0.5, 0.6) is 0 Å². The summed E-state index contributed by atoms with van der Waals surface area (Å²) in [6.07, 6.45) is 5.60. The molecule has 2 aliphatic rings. The van der Waals surface area contributed by atoms with E-state index in [1.807, 2.05) is 0 Å². The Morgan fingerprint density at radius 1 is 1.04 bits per heavy atom. The van der Waals surface area contributed by atoms with Crippen LogP contribution in [0.3, 0.4) is 0 Å². The van der Waals surface area contributed by atoms with Crippen molar-refractivity contribution in [2.24, 2.45) is 0 Å². The molecule has 3 N–H and O–H groups in total. The molecule has 1 heterocycles. The van der Waals surface area contributed by atoms with Crippen molar-refractivity contribution in [3.8, 4) is 0 Å². The number of β-amino-alcohol motifs (C(OH)–C–C–N with tert-alkyl or cyclic N) is 1. The first-order valence-corrected chi connectivity index (χ1v) is 8.77. The maximum Gasteiger partial charge on any atom is 0.321 e. The molecule has 24 heavy (non-hydrogen) atoms. The maximum atomic E-state index is 12.2. The molecule has 0 spiro atoms. The van der Waals surface area contributed by atoms with Crippen LogP contribution in [0.2, 0.25) is 0 Å². The van der Waals surface area contributed by atoms with Gasteiger partial charge >= 0.3 is 6.03 Å². The molecule has 6 nitrogen and oxygen atoms in total. The fourth-order valence-electron chi connectivity index (χ4n) is 3.39. The van der Waals surface area contributed by atoms with Crippen molar-refractivity contribution in [2.75, 3.05) is 18.4 Å². The first-order valence-electron chi connectivity index (χ1n) is 8.77. The second-order valence-corrected chi connectivity index (χ2v) is 6.70. The molecular weight excluding hydrogens is 306 g/mol. The van der Waals surface area contributed by atoms with Gasteiger partial charge in [-0.25, -0.2) is 4.79 Å². The third kappa shape index (κ3) is 4.26. The van der Waals surface area contributed by atoms with Gasteiger partial charge in [0.1, 0.15) is 0 Å². The zero-order valence-electron chi connectivity index (χ0n) is 13.8. The summed E-state index contributed by atoms with van der Waals surface area (Å²) in [6.45, 7) is 1.03. The summed E-state index contributed by atoms with van der Waals surface area (Å²) in [5.74, 6) is -0.0565. The van der Waals surface area contributed by atoms with Gasteiger partial charge in [0, 0.05) is 30.4 Å². The molecule has 6 heteroatoms. The van der Waals surface area contributed by atoms with Crippen molar-refractivity contribution >= 4 is 17.6 Å². The van der Waals surface area contributed by atoms with E-state index < -0.39 is 6.10 Å². The molecule has 130 valence electrons. The summed E-state index contributed by atoms with van der Waals surface area (Å²) in [4.78, 5) is 26.0. The molecule has 0 bridgehead atoms. The number of nitrogens with one attached hydrogen (secondary N) is 2. The van der Waals surface area contributed by atoms with E-state index in [4.69, 9.17) is 0 Å². The summed E-state index contributed by atoms with van der Waals surface area (Å²) in [6, 6.07) is 7.01. The number of amides is 3. The number of carbonyl (C=O) groups excluding carboxylic acids is 2. The monoisotopic (exact) mass is 331 g/mol. The molecular formula is C18H25N3O3. The number of hydrogen-bond donors (Lipinski definition) is 3. The number of hydrogen-bond acceptors (Lipinski definition) is 3. The topological polar surface area (TPSA) is 81.7 Å². The van der Waals surface area contributed by atoms with Crippen LogP contribution in [-0.2, 0) is 0 Å². The molecule has 0 radical (unpaired) electrons. The van der Waals surface area contributed by atoms with Crippen molar-refractivity contribution in [2.45, 2.75) is 50.7 Å². The fraction of sp³-hybridized carbons (Fsp3) is 0.556. The van der Waals surface area contributed by atoms with Crippen LogP contribution >= 0.6 is 0 Å². The Labute approximate surface area is 142 Å². The Kier molecular flexibility index (Phi) is 5.35. The average Bonchev–Trinajstić information content (AvgIpc) is 3.08. The van der Waals surface area contributed by atoms with Gasteiger partial charge in [-0.05, 0) is 49.9 Å². The number of aliphatic hydroxyl groups is 1. The summed E-state index contributed by atoms with van der Waals surface area (Å²) < 4.78 is 0. The molecule has 1 aromatic carbocycles. The number of urea groups is 1. The number of anilines is 1. The molecule has 1 aromatic rings. The third-order valence-corrected chi connectivity index (χ3v) is 4.77. The van der Waals surface area contributed by atoms with Crippen molar-refractivity contribution in [1.29, 1.82) is 0 Å². The lowest BCUT2D eigenvalue weighted by Gasteiger charge is -2.30. The van der Waals surface area contributed by atoms with Crippen LogP contribution in [0.4, 0.5) is 10.5 Å². The Bertz CT molecular complexity index is 582. The smallest absolute Gasteiger partial charge is 0.321 e. The van der Waals surface area contributed by atoms with E-state index in [0.717, 1.165) is 25.7 Å². The number of rotatable bonds is 3. The summed E-state index contributed by atoms with van der Waals surface area (Å²) in [5, 5.41) is 15.5. The number of carbonyl (C=O) groups is 2. The normalized spacial score (nSPS) is 21.5. The molecule has 1 aliphatic heterocycles. The maximum absolute atomic E-state index is 12.2. The highest BCUT2D eigenvalue weighted by molar-refractivity contribution is 5.95. The highest BCUT2D eigenvalue weighted by atomic mass is 16.3. The van der Waals surface area contributed by atoms with Crippen LogP contribution in [-0.4, -0.2) is 47.2 Å². The van der Waals surface area contributed by atoms with Gasteiger partial charge in [-0.15, -0.1) is 0 Å². The van der Waals surface area contributed by atoms with Crippen molar-refractivity contribution in [3.05, 3.63) is 29.8 Å². The van der Waals surface area contributed by atoms with Crippen LogP contribution < -0.4 is 10.6 Å².